The van der Waals surface area contributed by atoms with Gasteiger partial charge in [-0.15, -0.1) is 0 Å². The SMILES string of the molecule is COc1ccc(Cl)cc1-n1nc(C)c2ccccc2c1=O. The number of aromatic nitrogens is 2. The number of benzene rings is 2. The zero-order chi connectivity index (χ0) is 15.0. The fourth-order valence-corrected chi connectivity index (χ4v) is 2.51. The van der Waals surface area contributed by atoms with Crippen LogP contribution in [-0.4, -0.2) is 16.9 Å². The molecule has 0 spiro atoms. The molecule has 0 N–H and O–H groups in total. The molecule has 0 atom stereocenters. The minimum atomic E-state index is -0.197. The van der Waals surface area contributed by atoms with Crippen molar-refractivity contribution in [2.75, 3.05) is 7.11 Å². The summed E-state index contributed by atoms with van der Waals surface area (Å²) >= 11 is 6.04. The van der Waals surface area contributed by atoms with Gasteiger partial charge in [0.2, 0.25) is 0 Å². The summed E-state index contributed by atoms with van der Waals surface area (Å²) in [6, 6.07) is 12.5. The summed E-state index contributed by atoms with van der Waals surface area (Å²) in [6.07, 6.45) is 0. The van der Waals surface area contributed by atoms with E-state index < -0.39 is 0 Å². The van der Waals surface area contributed by atoms with Crippen molar-refractivity contribution >= 4 is 22.4 Å². The number of rotatable bonds is 2. The molecule has 0 fully saturated rings. The number of ether oxygens (including phenoxy) is 1. The Bertz CT molecular complexity index is 887. The molecule has 0 amide bonds. The summed E-state index contributed by atoms with van der Waals surface area (Å²) in [5.74, 6) is 0.545. The summed E-state index contributed by atoms with van der Waals surface area (Å²) in [4.78, 5) is 12.7. The molecule has 5 heteroatoms. The predicted octanol–water partition coefficient (Wildman–Crippen LogP) is 3.36. The van der Waals surface area contributed by atoms with Crippen LogP contribution in [0.3, 0.4) is 0 Å². The summed E-state index contributed by atoms with van der Waals surface area (Å²) in [5.41, 5.74) is 1.10. The van der Waals surface area contributed by atoms with Crippen LogP contribution in [0.2, 0.25) is 5.02 Å². The maximum absolute atomic E-state index is 12.7. The number of halogens is 1. The molecule has 0 unspecified atom stereocenters. The largest absolute Gasteiger partial charge is 0.494 e. The van der Waals surface area contributed by atoms with E-state index in [9.17, 15) is 4.79 Å². The van der Waals surface area contributed by atoms with Crippen molar-refractivity contribution in [2.24, 2.45) is 0 Å². The molecule has 1 aromatic heterocycles. The Balaban J connectivity index is 2.39. The van der Waals surface area contributed by atoms with Gasteiger partial charge in [0.05, 0.1) is 18.2 Å². The van der Waals surface area contributed by atoms with Crippen LogP contribution in [0, 0.1) is 6.92 Å². The molecule has 0 saturated carbocycles. The minimum absolute atomic E-state index is 0.197. The number of aryl methyl sites for hydroxylation is 1. The van der Waals surface area contributed by atoms with E-state index in [-0.39, 0.29) is 5.56 Å². The quantitative estimate of drug-likeness (QED) is 0.729. The van der Waals surface area contributed by atoms with E-state index >= 15 is 0 Å². The third-order valence-electron chi connectivity index (χ3n) is 3.36. The molecule has 0 aliphatic rings. The average Bonchev–Trinajstić information content (AvgIpc) is 2.51. The van der Waals surface area contributed by atoms with Crippen molar-refractivity contribution in [3.05, 3.63) is 63.5 Å². The van der Waals surface area contributed by atoms with E-state index in [4.69, 9.17) is 16.3 Å². The lowest BCUT2D eigenvalue weighted by molar-refractivity contribution is 0.411. The summed E-state index contributed by atoms with van der Waals surface area (Å²) in [5, 5.41) is 6.37. The standard InChI is InChI=1S/C16H13ClN2O2/c1-10-12-5-3-4-6-13(12)16(20)19(18-10)14-9-11(17)7-8-15(14)21-2/h3-9H,1-2H3. The summed E-state index contributed by atoms with van der Waals surface area (Å²) in [6.45, 7) is 1.87. The van der Waals surface area contributed by atoms with E-state index in [0.717, 1.165) is 11.1 Å². The molecule has 1 heterocycles. The Hall–Kier alpha value is -2.33. The van der Waals surface area contributed by atoms with Gasteiger partial charge < -0.3 is 4.74 Å². The highest BCUT2D eigenvalue weighted by molar-refractivity contribution is 6.30. The zero-order valence-electron chi connectivity index (χ0n) is 11.6. The molecule has 0 aliphatic carbocycles. The first-order chi connectivity index (χ1) is 10.1. The number of hydrogen-bond acceptors (Lipinski definition) is 3. The molecule has 0 aliphatic heterocycles. The second kappa shape index (κ2) is 5.22. The Kier molecular flexibility index (Phi) is 3.39. The average molecular weight is 301 g/mol. The highest BCUT2D eigenvalue weighted by atomic mass is 35.5. The van der Waals surface area contributed by atoms with Gasteiger partial charge in [-0.2, -0.15) is 9.78 Å². The molecule has 106 valence electrons. The van der Waals surface area contributed by atoms with Crippen LogP contribution >= 0.6 is 11.6 Å². The van der Waals surface area contributed by atoms with Crippen LogP contribution in [0.5, 0.6) is 5.75 Å². The van der Waals surface area contributed by atoms with Gasteiger partial charge in [0.1, 0.15) is 11.4 Å². The highest BCUT2D eigenvalue weighted by Crippen LogP contribution is 2.25. The molecule has 4 nitrogen and oxygen atoms in total. The van der Waals surface area contributed by atoms with Gasteiger partial charge >= 0.3 is 0 Å². The highest BCUT2D eigenvalue weighted by Gasteiger charge is 2.13. The van der Waals surface area contributed by atoms with Crippen LogP contribution in [0.4, 0.5) is 0 Å². The Morgan fingerprint density at radius 2 is 1.86 bits per heavy atom. The number of methoxy groups -OCH3 is 1. The second-order valence-electron chi connectivity index (χ2n) is 4.66. The first-order valence-electron chi connectivity index (χ1n) is 6.44. The normalized spacial score (nSPS) is 10.8. The zero-order valence-corrected chi connectivity index (χ0v) is 12.4. The van der Waals surface area contributed by atoms with Crippen molar-refractivity contribution in [1.29, 1.82) is 0 Å². The molecule has 0 bridgehead atoms. The van der Waals surface area contributed by atoms with E-state index in [1.165, 1.54) is 4.68 Å². The van der Waals surface area contributed by atoms with Gasteiger partial charge in [0, 0.05) is 10.4 Å². The molecule has 0 saturated heterocycles. The maximum Gasteiger partial charge on any atom is 0.279 e. The molecule has 2 aromatic carbocycles. The molecule has 21 heavy (non-hydrogen) atoms. The predicted molar refractivity (Wildman–Crippen MR) is 83.6 cm³/mol. The molecule has 3 rings (SSSR count). The van der Waals surface area contributed by atoms with Crippen LogP contribution in [0.15, 0.2) is 47.3 Å². The first kappa shape index (κ1) is 13.6. The topological polar surface area (TPSA) is 44.1 Å². The van der Waals surface area contributed by atoms with Crippen molar-refractivity contribution < 1.29 is 4.74 Å². The van der Waals surface area contributed by atoms with Crippen LogP contribution < -0.4 is 10.3 Å². The monoisotopic (exact) mass is 300 g/mol. The van der Waals surface area contributed by atoms with Gasteiger partial charge in [0.25, 0.3) is 5.56 Å². The molecular weight excluding hydrogens is 288 g/mol. The van der Waals surface area contributed by atoms with Crippen molar-refractivity contribution in [3.63, 3.8) is 0 Å². The smallest absolute Gasteiger partial charge is 0.279 e. The Morgan fingerprint density at radius 1 is 1.14 bits per heavy atom. The van der Waals surface area contributed by atoms with Crippen molar-refractivity contribution in [3.8, 4) is 11.4 Å². The Labute approximate surface area is 126 Å². The third-order valence-corrected chi connectivity index (χ3v) is 3.59. The van der Waals surface area contributed by atoms with Crippen LogP contribution in [0.25, 0.3) is 16.5 Å². The second-order valence-corrected chi connectivity index (χ2v) is 5.10. The summed E-state index contributed by atoms with van der Waals surface area (Å²) in [7, 11) is 1.55. The van der Waals surface area contributed by atoms with E-state index in [1.54, 1.807) is 31.4 Å². The van der Waals surface area contributed by atoms with Crippen LogP contribution in [0.1, 0.15) is 5.69 Å². The first-order valence-corrected chi connectivity index (χ1v) is 6.82. The number of fused-ring (bicyclic) bond motifs is 1. The van der Waals surface area contributed by atoms with Crippen molar-refractivity contribution in [2.45, 2.75) is 6.92 Å². The van der Waals surface area contributed by atoms with Gasteiger partial charge in [-0.1, -0.05) is 29.8 Å². The number of nitrogens with zero attached hydrogens (tertiary/aromatic N) is 2. The lowest BCUT2D eigenvalue weighted by Gasteiger charge is -2.12. The molecule has 0 radical (unpaired) electrons. The molecule has 3 aromatic rings. The van der Waals surface area contributed by atoms with E-state index in [1.807, 2.05) is 25.1 Å². The van der Waals surface area contributed by atoms with Gasteiger partial charge in [0.15, 0.2) is 0 Å². The number of hydrogen-bond donors (Lipinski definition) is 0. The van der Waals surface area contributed by atoms with Gasteiger partial charge in [-0.05, 0) is 31.2 Å². The fraction of sp³-hybridized carbons (Fsp3) is 0.125. The fourth-order valence-electron chi connectivity index (χ4n) is 2.34. The molecular formula is C16H13ClN2O2. The lowest BCUT2D eigenvalue weighted by Crippen LogP contribution is -2.22. The van der Waals surface area contributed by atoms with E-state index in [0.29, 0.717) is 21.8 Å². The Morgan fingerprint density at radius 3 is 2.57 bits per heavy atom. The third kappa shape index (κ3) is 2.28. The minimum Gasteiger partial charge on any atom is -0.494 e. The summed E-state index contributed by atoms with van der Waals surface area (Å²) < 4.78 is 6.64. The van der Waals surface area contributed by atoms with Crippen molar-refractivity contribution in [1.82, 2.24) is 9.78 Å². The van der Waals surface area contributed by atoms with Gasteiger partial charge in [-0.3, -0.25) is 4.79 Å². The lowest BCUT2D eigenvalue weighted by atomic mass is 10.1. The van der Waals surface area contributed by atoms with E-state index in [2.05, 4.69) is 5.10 Å². The van der Waals surface area contributed by atoms with Gasteiger partial charge in [-0.25, -0.2) is 0 Å². The maximum atomic E-state index is 12.7. The van der Waals surface area contributed by atoms with Crippen LogP contribution in [-0.2, 0) is 0 Å².